The highest BCUT2D eigenvalue weighted by Crippen LogP contribution is 2.49. The van der Waals surface area contributed by atoms with E-state index in [9.17, 15) is 4.79 Å². The van der Waals surface area contributed by atoms with Crippen LogP contribution < -0.4 is 5.32 Å². The van der Waals surface area contributed by atoms with Crippen molar-refractivity contribution in [3.8, 4) is 0 Å². The fourth-order valence-electron chi connectivity index (χ4n) is 4.18. The smallest absolute Gasteiger partial charge is 0.236 e. The van der Waals surface area contributed by atoms with Gasteiger partial charge in [-0.3, -0.25) is 4.79 Å². The first-order chi connectivity index (χ1) is 13.7. The van der Waals surface area contributed by atoms with Gasteiger partial charge in [0.15, 0.2) is 5.58 Å². The summed E-state index contributed by atoms with van der Waals surface area (Å²) in [4.78, 5) is 20.4. The number of nitrogens with zero attached hydrogens (tertiary/aromatic N) is 2. The van der Waals surface area contributed by atoms with Crippen LogP contribution in [0.4, 0.5) is 0 Å². The van der Waals surface area contributed by atoms with Crippen LogP contribution in [0, 0.1) is 0 Å². The molecule has 5 rings (SSSR count). The van der Waals surface area contributed by atoms with Crippen LogP contribution in [0.1, 0.15) is 43.2 Å². The fourth-order valence-corrected chi connectivity index (χ4v) is 4.18. The van der Waals surface area contributed by atoms with Crippen molar-refractivity contribution < 1.29 is 9.21 Å². The van der Waals surface area contributed by atoms with Gasteiger partial charge in [-0.2, -0.15) is 0 Å². The van der Waals surface area contributed by atoms with Gasteiger partial charge >= 0.3 is 0 Å². The Balaban J connectivity index is 1.39. The molecule has 5 nitrogen and oxygen atoms in total. The lowest BCUT2D eigenvalue weighted by Gasteiger charge is -2.26. The van der Waals surface area contributed by atoms with E-state index in [1.54, 1.807) is 0 Å². The number of carbonyl (C=O) groups is 1. The summed E-state index contributed by atoms with van der Waals surface area (Å²) in [5.74, 6) is 0.589. The first kappa shape index (κ1) is 17.4. The predicted molar refractivity (Wildman–Crippen MR) is 108 cm³/mol. The number of rotatable bonds is 6. The molecule has 1 saturated carbocycles. The summed E-state index contributed by atoms with van der Waals surface area (Å²) in [6.07, 6.45) is 4.05. The van der Waals surface area contributed by atoms with Gasteiger partial charge < -0.3 is 14.6 Å². The first-order valence-electron chi connectivity index (χ1n) is 10.2. The summed E-state index contributed by atoms with van der Waals surface area (Å²) in [5.41, 5.74) is 2.09. The Bertz CT molecular complexity index is 939. The highest BCUT2D eigenvalue weighted by atomic mass is 16.4. The zero-order valence-electron chi connectivity index (χ0n) is 15.9. The summed E-state index contributed by atoms with van der Waals surface area (Å²) in [7, 11) is 0. The molecule has 1 atom stereocenters. The molecule has 3 aromatic rings. The largest absolute Gasteiger partial charge is 0.440 e. The second-order valence-electron chi connectivity index (χ2n) is 8.01. The van der Waals surface area contributed by atoms with E-state index < -0.39 is 5.41 Å². The third-order valence-corrected chi connectivity index (χ3v) is 6.03. The van der Waals surface area contributed by atoms with Gasteiger partial charge in [-0.25, -0.2) is 4.98 Å². The van der Waals surface area contributed by atoms with Crippen LogP contribution in [0.25, 0.3) is 11.1 Å². The van der Waals surface area contributed by atoms with E-state index in [0.29, 0.717) is 5.89 Å². The SMILES string of the molecule is O=C(N[C@H](CN1CCCC1)c1ccccc1)C1(c2nc3ccccc3o2)CC1. The number of oxazole rings is 1. The number of nitrogens with one attached hydrogen (secondary N) is 1. The van der Waals surface area contributed by atoms with Crippen molar-refractivity contribution in [3.63, 3.8) is 0 Å². The molecule has 1 aromatic heterocycles. The second kappa shape index (κ2) is 7.06. The molecular weight excluding hydrogens is 350 g/mol. The normalized spacial score (nSPS) is 19.6. The van der Waals surface area contributed by atoms with E-state index in [2.05, 4.69) is 27.3 Å². The van der Waals surface area contributed by atoms with E-state index in [1.807, 2.05) is 42.5 Å². The molecule has 1 aliphatic heterocycles. The fraction of sp³-hybridized carbons (Fsp3) is 0.391. The minimum absolute atomic E-state index is 0.0198. The molecule has 0 spiro atoms. The van der Waals surface area contributed by atoms with Crippen molar-refractivity contribution in [2.24, 2.45) is 0 Å². The van der Waals surface area contributed by atoms with Gasteiger partial charge in [-0.15, -0.1) is 0 Å². The lowest BCUT2D eigenvalue weighted by atomic mass is 10.0. The molecule has 2 aromatic carbocycles. The molecule has 2 aliphatic rings. The number of carbonyl (C=O) groups excluding carboxylic acids is 1. The van der Waals surface area contributed by atoms with Crippen molar-refractivity contribution in [3.05, 3.63) is 66.1 Å². The van der Waals surface area contributed by atoms with Gasteiger partial charge in [0.05, 0.1) is 6.04 Å². The number of hydrogen-bond donors (Lipinski definition) is 1. The summed E-state index contributed by atoms with van der Waals surface area (Å²) in [6, 6.07) is 18.0. The first-order valence-corrected chi connectivity index (χ1v) is 10.2. The van der Waals surface area contributed by atoms with Crippen molar-refractivity contribution in [2.75, 3.05) is 19.6 Å². The van der Waals surface area contributed by atoms with E-state index in [4.69, 9.17) is 4.42 Å². The summed E-state index contributed by atoms with van der Waals surface area (Å²) >= 11 is 0. The zero-order valence-corrected chi connectivity index (χ0v) is 15.9. The van der Waals surface area contributed by atoms with Gasteiger partial charge in [0.2, 0.25) is 11.8 Å². The van der Waals surface area contributed by atoms with Crippen LogP contribution >= 0.6 is 0 Å². The van der Waals surface area contributed by atoms with Crippen LogP contribution in [-0.4, -0.2) is 35.4 Å². The van der Waals surface area contributed by atoms with E-state index >= 15 is 0 Å². The van der Waals surface area contributed by atoms with Crippen LogP contribution in [-0.2, 0) is 10.2 Å². The summed E-state index contributed by atoms with van der Waals surface area (Å²) < 4.78 is 5.95. The highest BCUT2D eigenvalue weighted by Gasteiger charge is 2.56. The molecule has 0 unspecified atom stereocenters. The zero-order chi connectivity index (χ0) is 19.0. The lowest BCUT2D eigenvalue weighted by Crippen LogP contribution is -2.42. The Hall–Kier alpha value is -2.66. The van der Waals surface area contributed by atoms with E-state index in [-0.39, 0.29) is 11.9 Å². The molecule has 0 radical (unpaired) electrons. The Kier molecular flexibility index (Phi) is 4.40. The van der Waals surface area contributed by atoms with Crippen molar-refractivity contribution >= 4 is 17.0 Å². The maximum Gasteiger partial charge on any atom is 0.236 e. The Labute approximate surface area is 164 Å². The Morgan fingerprint density at radius 1 is 1.07 bits per heavy atom. The molecule has 1 saturated heterocycles. The topological polar surface area (TPSA) is 58.4 Å². The molecule has 2 fully saturated rings. The van der Waals surface area contributed by atoms with Crippen molar-refractivity contribution in [1.29, 1.82) is 0 Å². The standard InChI is InChI=1S/C23H25N3O2/c27-21(23(12-13-23)22-25-18-10-4-5-11-20(18)28-22)24-19(16-26-14-6-7-15-26)17-8-2-1-3-9-17/h1-5,8-11,19H,6-7,12-16H2,(H,24,27)/t19-/m1/s1. The number of aromatic nitrogens is 1. The van der Waals surface area contributed by atoms with Crippen LogP contribution in [0.15, 0.2) is 59.0 Å². The summed E-state index contributed by atoms with van der Waals surface area (Å²) in [5, 5.41) is 3.33. The molecule has 1 N–H and O–H groups in total. The Morgan fingerprint density at radius 2 is 1.79 bits per heavy atom. The molecule has 5 heteroatoms. The molecule has 2 heterocycles. The maximum absolute atomic E-state index is 13.3. The van der Waals surface area contributed by atoms with Crippen LogP contribution in [0.2, 0.25) is 0 Å². The van der Waals surface area contributed by atoms with E-state index in [0.717, 1.165) is 49.1 Å². The predicted octanol–water partition coefficient (Wildman–Crippen LogP) is 3.81. The van der Waals surface area contributed by atoms with Gasteiger partial charge in [0.25, 0.3) is 0 Å². The number of benzene rings is 2. The minimum Gasteiger partial charge on any atom is -0.440 e. The monoisotopic (exact) mass is 375 g/mol. The van der Waals surface area contributed by atoms with Gasteiger partial charge in [0.1, 0.15) is 10.9 Å². The quantitative estimate of drug-likeness (QED) is 0.712. The van der Waals surface area contributed by atoms with Gasteiger partial charge in [-0.05, 0) is 56.5 Å². The lowest BCUT2D eigenvalue weighted by molar-refractivity contribution is -0.125. The third kappa shape index (κ3) is 3.20. The Morgan fingerprint density at radius 3 is 2.50 bits per heavy atom. The minimum atomic E-state index is -0.614. The van der Waals surface area contributed by atoms with Crippen LogP contribution in [0.5, 0.6) is 0 Å². The van der Waals surface area contributed by atoms with Crippen LogP contribution in [0.3, 0.4) is 0 Å². The third-order valence-electron chi connectivity index (χ3n) is 6.03. The average Bonchev–Trinajstić information content (AvgIpc) is 3.17. The molecule has 0 bridgehead atoms. The van der Waals surface area contributed by atoms with Crippen molar-refractivity contribution in [1.82, 2.24) is 15.2 Å². The second-order valence-corrected chi connectivity index (χ2v) is 8.01. The molecule has 1 aliphatic carbocycles. The molecule has 144 valence electrons. The number of likely N-dealkylation sites (tertiary alicyclic amines) is 1. The molecular formula is C23H25N3O2. The maximum atomic E-state index is 13.3. The number of amides is 1. The van der Waals surface area contributed by atoms with Gasteiger partial charge in [-0.1, -0.05) is 42.5 Å². The molecule has 1 amide bonds. The van der Waals surface area contributed by atoms with Gasteiger partial charge in [0, 0.05) is 6.54 Å². The highest BCUT2D eigenvalue weighted by molar-refractivity contribution is 5.91. The molecule has 28 heavy (non-hydrogen) atoms. The summed E-state index contributed by atoms with van der Waals surface area (Å²) in [6.45, 7) is 3.06. The number of fused-ring (bicyclic) bond motifs is 1. The number of hydrogen-bond acceptors (Lipinski definition) is 4. The average molecular weight is 375 g/mol. The van der Waals surface area contributed by atoms with E-state index in [1.165, 1.54) is 12.8 Å². The number of para-hydroxylation sites is 2. The van der Waals surface area contributed by atoms with Crippen molar-refractivity contribution in [2.45, 2.75) is 37.1 Å².